The number of aromatic hydroxyl groups is 1. The summed E-state index contributed by atoms with van der Waals surface area (Å²) in [5.74, 6) is 0.691. The van der Waals surface area contributed by atoms with Gasteiger partial charge in [0.2, 0.25) is 0 Å². The average Bonchev–Trinajstić information content (AvgIpc) is 2.60. The Balaban J connectivity index is 2.70. The molecule has 2 rings (SSSR count). The van der Waals surface area contributed by atoms with Crippen molar-refractivity contribution < 1.29 is 23.5 Å². The van der Waals surface area contributed by atoms with Gasteiger partial charge in [-0.2, -0.15) is 0 Å². The number of hydrogen-bond donors (Lipinski definition) is 1. The minimum absolute atomic E-state index is 0.0230. The van der Waals surface area contributed by atoms with Gasteiger partial charge in [0, 0.05) is 10.6 Å². The van der Waals surface area contributed by atoms with E-state index in [-0.39, 0.29) is 19.0 Å². The van der Waals surface area contributed by atoms with E-state index in [0.717, 1.165) is 0 Å². The Morgan fingerprint density at radius 1 is 1.12 bits per heavy atom. The highest BCUT2D eigenvalue weighted by molar-refractivity contribution is 7.54. The first-order valence-electron chi connectivity index (χ1n) is 8.38. The lowest BCUT2D eigenvalue weighted by atomic mass is 10.0. The van der Waals surface area contributed by atoms with Crippen LogP contribution in [0.5, 0.6) is 11.5 Å². The molecule has 7 heteroatoms. The maximum absolute atomic E-state index is 13.6. The van der Waals surface area contributed by atoms with Gasteiger partial charge < -0.3 is 18.9 Å². The molecule has 0 bridgehead atoms. The van der Waals surface area contributed by atoms with Gasteiger partial charge in [-0.25, -0.2) is 0 Å². The molecule has 0 amide bonds. The second-order valence-corrected chi connectivity index (χ2v) is 8.26. The van der Waals surface area contributed by atoms with E-state index < -0.39 is 13.3 Å². The maximum atomic E-state index is 13.6. The molecule has 0 saturated carbocycles. The van der Waals surface area contributed by atoms with E-state index in [0.29, 0.717) is 27.5 Å². The lowest BCUT2D eigenvalue weighted by molar-refractivity contribution is 0.214. The second-order valence-electron chi connectivity index (χ2n) is 5.71. The number of halogens is 1. The largest absolute Gasteiger partial charge is 0.507 e. The molecule has 0 aliphatic carbocycles. The predicted molar refractivity (Wildman–Crippen MR) is 104 cm³/mol. The van der Waals surface area contributed by atoms with Crippen molar-refractivity contribution >= 4 is 19.2 Å². The van der Waals surface area contributed by atoms with Crippen LogP contribution in [0, 0.1) is 6.92 Å². The molecule has 0 aromatic heterocycles. The van der Waals surface area contributed by atoms with E-state index in [1.54, 1.807) is 64.3 Å². The van der Waals surface area contributed by atoms with Crippen molar-refractivity contribution in [3.05, 3.63) is 58.1 Å². The molecule has 0 aliphatic heterocycles. The van der Waals surface area contributed by atoms with Crippen LogP contribution in [0.1, 0.15) is 36.2 Å². The van der Waals surface area contributed by atoms with Crippen molar-refractivity contribution in [2.45, 2.75) is 26.4 Å². The average molecular weight is 399 g/mol. The van der Waals surface area contributed by atoms with Crippen LogP contribution in [-0.2, 0) is 13.6 Å². The maximum Gasteiger partial charge on any atom is 0.342 e. The Kier molecular flexibility index (Phi) is 7.13. The number of rotatable bonds is 8. The predicted octanol–water partition coefficient (Wildman–Crippen LogP) is 5.72. The van der Waals surface area contributed by atoms with Gasteiger partial charge in [-0.1, -0.05) is 23.7 Å². The molecular weight excluding hydrogens is 375 g/mol. The Morgan fingerprint density at radius 3 is 2.19 bits per heavy atom. The Hall–Kier alpha value is -1.52. The van der Waals surface area contributed by atoms with Gasteiger partial charge in [-0.3, -0.25) is 4.57 Å². The van der Waals surface area contributed by atoms with Gasteiger partial charge in [-0.15, -0.1) is 0 Å². The van der Waals surface area contributed by atoms with Crippen molar-refractivity contribution in [2.24, 2.45) is 0 Å². The summed E-state index contributed by atoms with van der Waals surface area (Å²) < 4.78 is 30.0. The van der Waals surface area contributed by atoms with Crippen LogP contribution < -0.4 is 4.74 Å². The second kappa shape index (κ2) is 8.92. The van der Waals surface area contributed by atoms with Gasteiger partial charge in [-0.05, 0) is 56.2 Å². The summed E-state index contributed by atoms with van der Waals surface area (Å²) in [5.41, 5.74) is 0.856. The summed E-state index contributed by atoms with van der Waals surface area (Å²) >= 11 is 6.20. The van der Waals surface area contributed by atoms with Gasteiger partial charge >= 0.3 is 7.60 Å². The molecule has 5 nitrogen and oxygen atoms in total. The van der Waals surface area contributed by atoms with Gasteiger partial charge in [0.25, 0.3) is 0 Å². The third-order valence-electron chi connectivity index (χ3n) is 3.96. The van der Waals surface area contributed by atoms with Crippen molar-refractivity contribution in [1.82, 2.24) is 0 Å². The van der Waals surface area contributed by atoms with Crippen LogP contribution >= 0.6 is 19.2 Å². The van der Waals surface area contributed by atoms with Gasteiger partial charge in [0.05, 0.1) is 20.3 Å². The highest BCUT2D eigenvalue weighted by atomic mass is 35.5. The molecule has 1 unspecified atom stereocenters. The molecule has 2 aromatic rings. The first-order chi connectivity index (χ1) is 12.4. The molecule has 142 valence electrons. The number of ether oxygens (including phenoxy) is 1. The lowest BCUT2D eigenvalue weighted by Crippen LogP contribution is -2.09. The van der Waals surface area contributed by atoms with Crippen LogP contribution in [0.3, 0.4) is 0 Å². The zero-order valence-electron chi connectivity index (χ0n) is 15.4. The van der Waals surface area contributed by atoms with Crippen LogP contribution in [0.15, 0.2) is 36.4 Å². The standard InChI is InChI=1S/C19H24ClO5P/c1-5-24-26(22,25-6-2)19(14-7-9-16(23-4)10-8-14)17-12-15(20)11-13(3)18(17)21/h7-12,19,21H,5-6H2,1-4H3. The molecule has 0 radical (unpaired) electrons. The lowest BCUT2D eigenvalue weighted by Gasteiger charge is -2.28. The van der Waals surface area contributed by atoms with E-state index in [4.69, 9.17) is 25.4 Å². The number of aryl methyl sites for hydroxylation is 1. The van der Waals surface area contributed by atoms with Crippen molar-refractivity contribution in [2.75, 3.05) is 20.3 Å². The van der Waals surface area contributed by atoms with E-state index >= 15 is 0 Å². The van der Waals surface area contributed by atoms with E-state index in [1.807, 2.05) is 0 Å². The fourth-order valence-corrected chi connectivity index (χ4v) is 5.28. The zero-order chi connectivity index (χ0) is 19.3. The van der Waals surface area contributed by atoms with Crippen molar-refractivity contribution in [3.63, 3.8) is 0 Å². The summed E-state index contributed by atoms with van der Waals surface area (Å²) in [6, 6.07) is 10.3. The Bertz CT molecular complexity index is 781. The van der Waals surface area contributed by atoms with E-state index in [1.165, 1.54) is 0 Å². The van der Waals surface area contributed by atoms with Gasteiger partial charge in [0.15, 0.2) is 0 Å². The summed E-state index contributed by atoms with van der Waals surface area (Å²) in [5, 5.41) is 11.1. The molecule has 1 atom stereocenters. The SMILES string of the molecule is CCOP(=O)(OCC)C(c1ccc(OC)cc1)c1cc(Cl)cc(C)c1O. The quantitative estimate of drug-likeness (QED) is 0.576. The minimum Gasteiger partial charge on any atom is -0.507 e. The number of methoxy groups -OCH3 is 1. The highest BCUT2D eigenvalue weighted by Gasteiger charge is 2.40. The van der Waals surface area contributed by atoms with Crippen molar-refractivity contribution in [1.29, 1.82) is 0 Å². The van der Waals surface area contributed by atoms with E-state index in [2.05, 4.69) is 0 Å². The normalized spacial score (nSPS) is 12.8. The molecular formula is C19H24ClO5P. The first-order valence-corrected chi connectivity index (χ1v) is 10.4. The molecule has 0 fully saturated rings. The van der Waals surface area contributed by atoms with E-state index in [9.17, 15) is 9.67 Å². The monoisotopic (exact) mass is 398 g/mol. The van der Waals surface area contributed by atoms with Crippen LogP contribution in [0.2, 0.25) is 5.02 Å². The summed E-state index contributed by atoms with van der Waals surface area (Å²) in [4.78, 5) is 0. The summed E-state index contributed by atoms with van der Waals surface area (Å²) in [7, 11) is -2.05. The third-order valence-corrected chi connectivity index (χ3v) is 6.62. The Labute approximate surface area is 159 Å². The van der Waals surface area contributed by atoms with Gasteiger partial charge in [0.1, 0.15) is 17.2 Å². The first kappa shape index (κ1) is 20.8. The summed E-state index contributed by atoms with van der Waals surface area (Å²) in [6.45, 7) is 5.66. The topological polar surface area (TPSA) is 65.0 Å². The van der Waals surface area contributed by atoms with Crippen molar-refractivity contribution in [3.8, 4) is 11.5 Å². The Morgan fingerprint density at radius 2 is 1.69 bits per heavy atom. The van der Waals surface area contributed by atoms with Crippen LogP contribution in [0.4, 0.5) is 0 Å². The molecule has 1 N–H and O–H groups in total. The van der Waals surface area contributed by atoms with Crippen LogP contribution in [-0.4, -0.2) is 25.4 Å². The molecule has 0 heterocycles. The molecule has 2 aromatic carbocycles. The number of hydrogen-bond acceptors (Lipinski definition) is 5. The number of benzene rings is 2. The molecule has 0 spiro atoms. The third kappa shape index (κ3) is 4.41. The smallest absolute Gasteiger partial charge is 0.342 e. The summed E-state index contributed by atoms with van der Waals surface area (Å²) in [6.07, 6.45) is 0. The minimum atomic E-state index is -3.62. The van der Waals surface area contributed by atoms with Crippen LogP contribution in [0.25, 0.3) is 0 Å². The number of phenols is 1. The zero-order valence-corrected chi connectivity index (χ0v) is 17.0. The molecule has 0 saturated heterocycles. The fraction of sp³-hybridized carbons (Fsp3) is 0.368. The number of phenolic OH excluding ortho intramolecular Hbond substituents is 1. The highest BCUT2D eigenvalue weighted by Crippen LogP contribution is 2.65. The molecule has 0 aliphatic rings. The molecule has 26 heavy (non-hydrogen) atoms. The fourth-order valence-electron chi connectivity index (χ4n) is 2.83.